The fraction of sp³-hybridized carbons (Fsp3) is 1.00. The lowest BCUT2D eigenvalue weighted by Gasteiger charge is -2.46. The molecule has 0 atom stereocenters. The molecule has 4 nitrogen and oxygen atoms in total. The molecule has 0 aromatic carbocycles. The van der Waals surface area contributed by atoms with Crippen molar-refractivity contribution in [2.75, 3.05) is 59.4 Å². The third kappa shape index (κ3) is 5.42. The minimum Gasteiger partial charge on any atom is -0.306 e. The summed E-state index contributed by atoms with van der Waals surface area (Å²) in [5.74, 6) is 0. The van der Waals surface area contributed by atoms with Gasteiger partial charge in [0.15, 0.2) is 0 Å². The van der Waals surface area contributed by atoms with E-state index in [4.69, 9.17) is 0 Å². The lowest BCUT2D eigenvalue weighted by atomic mass is 9.97. The van der Waals surface area contributed by atoms with Gasteiger partial charge in [-0.15, -0.1) is 0 Å². The highest BCUT2D eigenvalue weighted by Crippen LogP contribution is 2.24. The van der Waals surface area contributed by atoms with Crippen molar-refractivity contribution in [1.82, 2.24) is 19.6 Å². The molecule has 0 aromatic rings. The third-order valence-electron chi connectivity index (χ3n) is 6.30. The monoisotopic (exact) mass is 338 g/mol. The van der Waals surface area contributed by atoms with Gasteiger partial charge in [-0.05, 0) is 72.8 Å². The van der Waals surface area contributed by atoms with Crippen molar-refractivity contribution in [3.63, 3.8) is 0 Å². The molecule has 24 heavy (non-hydrogen) atoms. The van der Waals surface area contributed by atoms with Crippen LogP contribution in [0.25, 0.3) is 0 Å². The molecule has 0 radical (unpaired) electrons. The van der Waals surface area contributed by atoms with Crippen LogP contribution in [-0.4, -0.2) is 97.1 Å². The van der Waals surface area contributed by atoms with Gasteiger partial charge < -0.3 is 9.80 Å². The molecule has 0 saturated carbocycles. The predicted molar refractivity (Wildman–Crippen MR) is 105 cm³/mol. The van der Waals surface area contributed by atoms with Crippen molar-refractivity contribution in [1.29, 1.82) is 0 Å². The quantitative estimate of drug-likeness (QED) is 0.784. The minimum atomic E-state index is 0.716. The van der Waals surface area contributed by atoms with Crippen molar-refractivity contribution < 1.29 is 0 Å². The largest absolute Gasteiger partial charge is 0.306 e. The lowest BCUT2D eigenvalue weighted by molar-refractivity contribution is 0.0296. The Balaban J connectivity index is 0.00000100. The molecule has 3 rings (SSSR count). The molecule has 0 aliphatic carbocycles. The molecule has 3 saturated heterocycles. The van der Waals surface area contributed by atoms with Gasteiger partial charge in [0.1, 0.15) is 0 Å². The average molecular weight is 339 g/mol. The Kier molecular flexibility index (Phi) is 8.48. The number of hydrogen-bond acceptors (Lipinski definition) is 4. The summed E-state index contributed by atoms with van der Waals surface area (Å²) in [6, 6.07) is 2.44. The lowest BCUT2D eigenvalue weighted by Crippen LogP contribution is -2.55. The minimum absolute atomic E-state index is 0.716. The van der Waals surface area contributed by atoms with Crippen LogP contribution in [0.3, 0.4) is 0 Å². The zero-order chi connectivity index (χ0) is 17.5. The van der Waals surface area contributed by atoms with Gasteiger partial charge in [0.05, 0.1) is 0 Å². The summed E-state index contributed by atoms with van der Waals surface area (Å²) in [7, 11) is 2.26. The number of likely N-dealkylation sites (tertiary alicyclic amines) is 2. The van der Waals surface area contributed by atoms with Gasteiger partial charge in [0.25, 0.3) is 0 Å². The maximum Gasteiger partial charge on any atom is 0.0121 e. The molecule has 142 valence electrons. The molecule has 3 aliphatic heterocycles. The van der Waals surface area contributed by atoms with Crippen LogP contribution in [0.5, 0.6) is 0 Å². The van der Waals surface area contributed by atoms with E-state index < -0.39 is 0 Å². The number of nitrogens with zero attached hydrogens (tertiary/aromatic N) is 4. The summed E-state index contributed by atoms with van der Waals surface area (Å²) in [4.78, 5) is 10.7. The van der Waals surface area contributed by atoms with Gasteiger partial charge >= 0.3 is 0 Å². The molecule has 0 amide bonds. The van der Waals surface area contributed by atoms with E-state index in [0.717, 1.165) is 12.1 Å². The van der Waals surface area contributed by atoms with E-state index in [1.807, 2.05) is 13.8 Å². The summed E-state index contributed by atoms with van der Waals surface area (Å²) >= 11 is 0. The number of piperazine rings is 1. The number of rotatable bonds is 3. The highest BCUT2D eigenvalue weighted by molar-refractivity contribution is 4.87. The van der Waals surface area contributed by atoms with Crippen LogP contribution in [0.15, 0.2) is 0 Å². The van der Waals surface area contributed by atoms with Gasteiger partial charge in [0, 0.05) is 44.3 Å². The molecule has 3 aliphatic rings. The van der Waals surface area contributed by atoms with Gasteiger partial charge in [0.2, 0.25) is 0 Å². The van der Waals surface area contributed by atoms with Crippen LogP contribution in [-0.2, 0) is 0 Å². The summed E-state index contributed by atoms with van der Waals surface area (Å²) in [5, 5.41) is 0. The third-order valence-corrected chi connectivity index (χ3v) is 6.30. The van der Waals surface area contributed by atoms with Crippen LogP contribution in [0.2, 0.25) is 0 Å². The molecule has 0 bridgehead atoms. The molecule has 0 unspecified atom stereocenters. The summed E-state index contributed by atoms with van der Waals surface area (Å²) in [5.41, 5.74) is 0. The van der Waals surface area contributed by atoms with Crippen LogP contribution in [0, 0.1) is 0 Å². The second-order valence-electron chi connectivity index (χ2n) is 7.97. The SMILES string of the molecule is CC.CC(C)N1CCN(C2CCN(C3CCN(C)CC3)CC2)CC1. The first-order chi connectivity index (χ1) is 11.6. The van der Waals surface area contributed by atoms with Crippen LogP contribution < -0.4 is 0 Å². The maximum atomic E-state index is 2.80. The molecular formula is C20H42N4. The Morgan fingerprint density at radius 1 is 0.625 bits per heavy atom. The highest BCUT2D eigenvalue weighted by atomic mass is 15.3. The zero-order valence-electron chi connectivity index (χ0n) is 17.0. The topological polar surface area (TPSA) is 13.0 Å². The first-order valence-corrected chi connectivity index (χ1v) is 10.5. The number of piperidine rings is 2. The van der Waals surface area contributed by atoms with E-state index in [2.05, 4.69) is 40.5 Å². The maximum absolute atomic E-state index is 2.80. The number of hydrogen-bond donors (Lipinski definition) is 0. The average Bonchev–Trinajstić information content (AvgIpc) is 2.64. The van der Waals surface area contributed by atoms with Crippen molar-refractivity contribution in [2.24, 2.45) is 0 Å². The first kappa shape index (κ1) is 20.2. The van der Waals surface area contributed by atoms with E-state index in [9.17, 15) is 0 Å². The van der Waals surface area contributed by atoms with Crippen LogP contribution in [0.1, 0.15) is 53.4 Å². The van der Waals surface area contributed by atoms with E-state index in [-0.39, 0.29) is 0 Å². The fourth-order valence-electron chi connectivity index (χ4n) is 4.60. The Hall–Kier alpha value is -0.160. The van der Waals surface area contributed by atoms with E-state index in [1.165, 1.54) is 78.0 Å². The van der Waals surface area contributed by atoms with Crippen molar-refractivity contribution in [2.45, 2.75) is 71.5 Å². The summed E-state index contributed by atoms with van der Waals surface area (Å²) < 4.78 is 0. The molecule has 0 aromatic heterocycles. The van der Waals surface area contributed by atoms with Crippen molar-refractivity contribution in [3.8, 4) is 0 Å². The van der Waals surface area contributed by atoms with Crippen molar-refractivity contribution in [3.05, 3.63) is 0 Å². The molecular weight excluding hydrogens is 296 g/mol. The van der Waals surface area contributed by atoms with E-state index in [0.29, 0.717) is 6.04 Å². The van der Waals surface area contributed by atoms with Crippen LogP contribution in [0.4, 0.5) is 0 Å². The fourth-order valence-corrected chi connectivity index (χ4v) is 4.60. The van der Waals surface area contributed by atoms with Crippen LogP contribution >= 0.6 is 0 Å². The van der Waals surface area contributed by atoms with Gasteiger partial charge in [-0.2, -0.15) is 0 Å². The molecule has 0 N–H and O–H groups in total. The molecule has 0 spiro atoms. The smallest absolute Gasteiger partial charge is 0.0121 e. The van der Waals surface area contributed by atoms with Gasteiger partial charge in [-0.1, -0.05) is 13.8 Å². The second-order valence-corrected chi connectivity index (χ2v) is 7.97. The van der Waals surface area contributed by atoms with Gasteiger partial charge in [-0.25, -0.2) is 0 Å². The Labute approximate surface area is 151 Å². The Morgan fingerprint density at radius 3 is 1.50 bits per heavy atom. The zero-order valence-corrected chi connectivity index (χ0v) is 17.0. The predicted octanol–water partition coefficient (Wildman–Crippen LogP) is 2.60. The molecule has 3 fully saturated rings. The van der Waals surface area contributed by atoms with Crippen molar-refractivity contribution >= 4 is 0 Å². The Morgan fingerprint density at radius 2 is 1.04 bits per heavy atom. The van der Waals surface area contributed by atoms with E-state index in [1.54, 1.807) is 0 Å². The summed E-state index contributed by atoms with van der Waals surface area (Å²) in [6.45, 7) is 19.0. The van der Waals surface area contributed by atoms with E-state index >= 15 is 0 Å². The molecule has 3 heterocycles. The Bertz CT molecular complexity index is 323. The normalized spacial score (nSPS) is 27.2. The molecule has 4 heteroatoms. The first-order valence-electron chi connectivity index (χ1n) is 10.5. The summed E-state index contributed by atoms with van der Waals surface area (Å²) in [6.07, 6.45) is 5.56. The highest BCUT2D eigenvalue weighted by Gasteiger charge is 2.31. The second kappa shape index (κ2) is 10.1. The standard InChI is InChI=1S/C18H36N4.C2H6/c1-16(2)20-12-14-22(15-13-20)18-6-10-21(11-7-18)17-4-8-19(3)9-5-17;1-2/h16-18H,4-15H2,1-3H3;1-2H3. The van der Waals surface area contributed by atoms with Gasteiger partial charge in [-0.3, -0.25) is 9.80 Å².